The van der Waals surface area contributed by atoms with Crippen LogP contribution in [-0.4, -0.2) is 19.5 Å². The van der Waals surface area contributed by atoms with E-state index in [-0.39, 0.29) is 0 Å². The van der Waals surface area contributed by atoms with Gasteiger partial charge in [0.15, 0.2) is 17.5 Å². The first-order chi connectivity index (χ1) is 28.2. The van der Waals surface area contributed by atoms with Crippen molar-refractivity contribution in [2.45, 2.75) is 0 Å². The average Bonchev–Trinajstić information content (AvgIpc) is 3.96. The molecule has 57 heavy (non-hydrogen) atoms. The standard InChI is InChI=1S/C51H30N4O2/c1-3-13-31(14-4-1)49-52-50(54-51(53-49)39-21-11-20-37-36-17-8-10-24-44(36)57-48(37)39)33-26-28-46-41(30-33)40-29-32(25-27-45(40)56-46)35-19-12-23-43-47(35)38-18-7-9-22-42(38)55(43)34-15-5-2-6-16-34/h1-30H. The lowest BCUT2D eigenvalue weighted by atomic mass is 9.97. The van der Waals surface area contributed by atoms with E-state index in [1.54, 1.807) is 0 Å². The number of fused-ring (bicyclic) bond motifs is 9. The number of nitrogens with zero attached hydrogens (tertiary/aromatic N) is 4. The Balaban J connectivity index is 1.04. The highest BCUT2D eigenvalue weighted by molar-refractivity contribution is 6.17. The molecule has 0 radical (unpaired) electrons. The third kappa shape index (κ3) is 4.94. The van der Waals surface area contributed by atoms with Crippen molar-refractivity contribution in [3.63, 3.8) is 0 Å². The van der Waals surface area contributed by atoms with E-state index in [1.165, 1.54) is 21.9 Å². The third-order valence-corrected chi connectivity index (χ3v) is 11.1. The molecule has 0 saturated carbocycles. The van der Waals surface area contributed by atoms with Gasteiger partial charge in [0.2, 0.25) is 0 Å². The van der Waals surface area contributed by atoms with Crippen molar-refractivity contribution >= 4 is 65.7 Å². The number of benzene rings is 8. The van der Waals surface area contributed by atoms with E-state index in [4.69, 9.17) is 23.8 Å². The van der Waals surface area contributed by atoms with Crippen molar-refractivity contribution in [1.82, 2.24) is 19.5 Å². The monoisotopic (exact) mass is 730 g/mol. The number of hydrogen-bond donors (Lipinski definition) is 0. The molecule has 0 aliphatic carbocycles. The largest absolute Gasteiger partial charge is 0.456 e. The molecule has 0 N–H and O–H groups in total. The lowest BCUT2D eigenvalue weighted by Crippen LogP contribution is -2.00. The maximum Gasteiger partial charge on any atom is 0.167 e. The van der Waals surface area contributed by atoms with Gasteiger partial charge in [0.1, 0.15) is 22.3 Å². The molecule has 0 bridgehead atoms. The molecule has 0 spiro atoms. The fourth-order valence-electron chi connectivity index (χ4n) is 8.46. The van der Waals surface area contributed by atoms with E-state index in [9.17, 15) is 0 Å². The van der Waals surface area contributed by atoms with Gasteiger partial charge in [-0.1, -0.05) is 115 Å². The maximum atomic E-state index is 6.45. The van der Waals surface area contributed by atoms with Gasteiger partial charge in [0.05, 0.1) is 16.6 Å². The van der Waals surface area contributed by atoms with Crippen LogP contribution in [-0.2, 0) is 0 Å². The summed E-state index contributed by atoms with van der Waals surface area (Å²) in [6.07, 6.45) is 0. The van der Waals surface area contributed by atoms with Crippen LogP contribution < -0.4 is 0 Å². The van der Waals surface area contributed by atoms with Crippen LogP contribution >= 0.6 is 0 Å². The van der Waals surface area contributed by atoms with Gasteiger partial charge in [-0.2, -0.15) is 0 Å². The molecule has 0 fully saturated rings. The molecule has 4 aromatic heterocycles. The van der Waals surface area contributed by atoms with Gasteiger partial charge in [-0.3, -0.25) is 0 Å². The molecule has 0 aliphatic rings. The fraction of sp³-hybridized carbons (Fsp3) is 0. The van der Waals surface area contributed by atoms with E-state index in [0.717, 1.165) is 77.3 Å². The molecule has 12 rings (SSSR count). The van der Waals surface area contributed by atoms with Crippen molar-refractivity contribution in [3.8, 4) is 51.0 Å². The van der Waals surface area contributed by atoms with Crippen molar-refractivity contribution in [1.29, 1.82) is 0 Å². The van der Waals surface area contributed by atoms with Gasteiger partial charge in [-0.05, 0) is 77.9 Å². The predicted molar refractivity (Wildman–Crippen MR) is 230 cm³/mol. The topological polar surface area (TPSA) is 69.9 Å². The summed E-state index contributed by atoms with van der Waals surface area (Å²) in [6, 6.07) is 62.8. The van der Waals surface area contributed by atoms with Gasteiger partial charge < -0.3 is 13.4 Å². The number of aromatic nitrogens is 4. The van der Waals surface area contributed by atoms with Crippen LogP contribution in [0.25, 0.3) is 117 Å². The Hall–Kier alpha value is -7.83. The summed E-state index contributed by atoms with van der Waals surface area (Å²) in [5.41, 5.74) is 11.5. The SMILES string of the molecule is c1ccc(-c2nc(-c3ccc4oc5ccc(-c6cccc7c6c6ccccc6n7-c6ccccc6)cc5c4c3)nc(-c3cccc4c3oc3ccccc34)n2)cc1. The Kier molecular flexibility index (Phi) is 6.83. The summed E-state index contributed by atoms with van der Waals surface area (Å²) in [4.78, 5) is 15.2. The van der Waals surface area contributed by atoms with Crippen LogP contribution in [0.4, 0.5) is 0 Å². The molecule has 0 atom stereocenters. The molecule has 6 nitrogen and oxygen atoms in total. The summed E-state index contributed by atoms with van der Waals surface area (Å²) >= 11 is 0. The summed E-state index contributed by atoms with van der Waals surface area (Å²) in [7, 11) is 0. The maximum absolute atomic E-state index is 6.45. The normalized spacial score (nSPS) is 11.9. The highest BCUT2D eigenvalue weighted by atomic mass is 16.3. The third-order valence-electron chi connectivity index (χ3n) is 11.1. The lowest BCUT2D eigenvalue weighted by molar-refractivity contribution is 0.669. The highest BCUT2D eigenvalue weighted by Crippen LogP contribution is 2.41. The van der Waals surface area contributed by atoms with Crippen molar-refractivity contribution < 1.29 is 8.83 Å². The van der Waals surface area contributed by atoms with Crippen LogP contribution in [0.1, 0.15) is 0 Å². The van der Waals surface area contributed by atoms with Crippen LogP contribution in [0.3, 0.4) is 0 Å². The molecule has 0 amide bonds. The summed E-state index contributed by atoms with van der Waals surface area (Å²) in [5.74, 6) is 1.70. The van der Waals surface area contributed by atoms with Gasteiger partial charge in [0, 0.05) is 49.1 Å². The van der Waals surface area contributed by atoms with Crippen LogP contribution in [0.2, 0.25) is 0 Å². The smallest absolute Gasteiger partial charge is 0.167 e. The average molecular weight is 731 g/mol. The molecule has 0 unspecified atom stereocenters. The number of furan rings is 2. The number of rotatable bonds is 5. The first kappa shape index (κ1) is 31.5. The van der Waals surface area contributed by atoms with Crippen LogP contribution in [0, 0.1) is 0 Å². The molecule has 6 heteroatoms. The van der Waals surface area contributed by atoms with Crippen LogP contribution in [0.5, 0.6) is 0 Å². The molecule has 266 valence electrons. The Labute approximate surface area is 325 Å². The summed E-state index contributed by atoms with van der Waals surface area (Å²) in [6.45, 7) is 0. The van der Waals surface area contributed by atoms with Crippen molar-refractivity contribution in [2.24, 2.45) is 0 Å². The molecule has 0 aliphatic heterocycles. The van der Waals surface area contributed by atoms with E-state index in [2.05, 4.69) is 114 Å². The Bertz CT molecular complexity index is 3530. The predicted octanol–water partition coefficient (Wildman–Crippen LogP) is 13.4. The lowest BCUT2D eigenvalue weighted by Gasteiger charge is -2.09. The Morgan fingerprint density at radius 2 is 0.930 bits per heavy atom. The highest BCUT2D eigenvalue weighted by Gasteiger charge is 2.20. The molecular formula is C51H30N4O2. The zero-order valence-corrected chi connectivity index (χ0v) is 30.4. The Morgan fingerprint density at radius 1 is 0.351 bits per heavy atom. The van der Waals surface area contributed by atoms with Gasteiger partial charge >= 0.3 is 0 Å². The minimum atomic E-state index is 0.547. The molecule has 8 aromatic carbocycles. The molecule has 12 aromatic rings. The van der Waals surface area contributed by atoms with Gasteiger partial charge in [-0.15, -0.1) is 0 Å². The Morgan fingerprint density at radius 3 is 1.75 bits per heavy atom. The summed E-state index contributed by atoms with van der Waals surface area (Å²) in [5, 5.41) is 6.53. The van der Waals surface area contributed by atoms with E-state index in [1.807, 2.05) is 72.8 Å². The summed E-state index contributed by atoms with van der Waals surface area (Å²) < 4.78 is 15.2. The number of para-hydroxylation sites is 4. The van der Waals surface area contributed by atoms with Crippen LogP contribution in [0.15, 0.2) is 191 Å². The minimum absolute atomic E-state index is 0.547. The quantitative estimate of drug-likeness (QED) is 0.176. The first-order valence-corrected chi connectivity index (χ1v) is 19.0. The zero-order valence-electron chi connectivity index (χ0n) is 30.4. The second-order valence-electron chi connectivity index (χ2n) is 14.4. The van der Waals surface area contributed by atoms with Gasteiger partial charge in [0.25, 0.3) is 0 Å². The first-order valence-electron chi connectivity index (χ1n) is 19.0. The second kappa shape index (κ2) is 12.3. The second-order valence-corrected chi connectivity index (χ2v) is 14.4. The van der Waals surface area contributed by atoms with E-state index >= 15 is 0 Å². The van der Waals surface area contributed by atoms with Gasteiger partial charge in [-0.25, -0.2) is 15.0 Å². The molecule has 4 heterocycles. The molecular weight excluding hydrogens is 701 g/mol. The van der Waals surface area contributed by atoms with Crippen molar-refractivity contribution in [3.05, 3.63) is 182 Å². The minimum Gasteiger partial charge on any atom is -0.456 e. The van der Waals surface area contributed by atoms with E-state index in [0.29, 0.717) is 17.5 Å². The van der Waals surface area contributed by atoms with Crippen molar-refractivity contribution in [2.75, 3.05) is 0 Å². The molecule has 0 saturated heterocycles. The fourth-order valence-corrected chi connectivity index (χ4v) is 8.46. The number of hydrogen-bond acceptors (Lipinski definition) is 5. The zero-order chi connectivity index (χ0) is 37.5. The van der Waals surface area contributed by atoms with E-state index < -0.39 is 0 Å².